The van der Waals surface area contributed by atoms with Crippen LogP contribution in [-0.2, 0) is 9.59 Å². The van der Waals surface area contributed by atoms with Crippen LogP contribution in [0.1, 0.15) is 42.7 Å². The lowest BCUT2D eigenvalue weighted by atomic mass is 9.87. The van der Waals surface area contributed by atoms with Gasteiger partial charge in [0.05, 0.1) is 0 Å². The van der Waals surface area contributed by atoms with Gasteiger partial charge in [0.15, 0.2) is 0 Å². The molecule has 0 aliphatic rings. The highest BCUT2D eigenvalue weighted by Gasteiger charge is 2.21. The molecule has 5 nitrogen and oxygen atoms in total. The van der Waals surface area contributed by atoms with Crippen molar-refractivity contribution in [2.75, 3.05) is 6.54 Å². The number of carboxylic acid groups (broad SMARTS) is 1. The van der Waals surface area contributed by atoms with Gasteiger partial charge in [-0.1, -0.05) is 60.7 Å². The summed E-state index contributed by atoms with van der Waals surface area (Å²) in [4.78, 5) is 23.5. The molecule has 0 aromatic heterocycles. The van der Waals surface area contributed by atoms with Gasteiger partial charge >= 0.3 is 5.97 Å². The summed E-state index contributed by atoms with van der Waals surface area (Å²) < 4.78 is 0. The van der Waals surface area contributed by atoms with Crippen LogP contribution in [0.15, 0.2) is 60.7 Å². The number of nitrogens with one attached hydrogen (secondary N) is 1. The fourth-order valence-electron chi connectivity index (χ4n) is 3.02. The Morgan fingerprint density at radius 1 is 0.923 bits per heavy atom. The monoisotopic (exact) mass is 354 g/mol. The molecule has 5 heteroatoms. The second-order valence-electron chi connectivity index (χ2n) is 6.30. The van der Waals surface area contributed by atoms with Crippen LogP contribution in [0.5, 0.6) is 0 Å². The Bertz CT molecular complexity index is 649. The first kappa shape index (κ1) is 19.7. The molecule has 2 aromatic rings. The molecule has 1 atom stereocenters. The fraction of sp³-hybridized carbons (Fsp3) is 0.333. The molecule has 2 aromatic carbocycles. The predicted molar refractivity (Wildman–Crippen MR) is 102 cm³/mol. The number of rotatable bonds is 10. The summed E-state index contributed by atoms with van der Waals surface area (Å²) in [6, 6.07) is 19.2. The first-order chi connectivity index (χ1) is 12.6. The molecule has 0 radical (unpaired) electrons. The van der Waals surface area contributed by atoms with E-state index in [0.29, 0.717) is 25.8 Å². The Morgan fingerprint density at radius 3 is 1.92 bits per heavy atom. The lowest BCUT2D eigenvalue weighted by molar-refractivity contribution is -0.142. The zero-order valence-electron chi connectivity index (χ0n) is 14.8. The largest absolute Gasteiger partial charge is 0.480 e. The van der Waals surface area contributed by atoms with E-state index in [2.05, 4.69) is 29.6 Å². The molecule has 0 saturated heterocycles. The number of aliphatic carboxylic acids is 1. The Labute approximate surface area is 154 Å². The summed E-state index contributed by atoms with van der Waals surface area (Å²) >= 11 is 0. The van der Waals surface area contributed by atoms with E-state index in [-0.39, 0.29) is 18.2 Å². The van der Waals surface area contributed by atoms with Crippen molar-refractivity contribution in [1.29, 1.82) is 0 Å². The molecule has 26 heavy (non-hydrogen) atoms. The minimum absolute atomic E-state index is 0.0930. The van der Waals surface area contributed by atoms with Crippen LogP contribution in [0, 0.1) is 0 Å². The molecular weight excluding hydrogens is 328 g/mol. The molecule has 2 rings (SSSR count). The van der Waals surface area contributed by atoms with Crippen molar-refractivity contribution in [2.45, 2.75) is 37.6 Å². The van der Waals surface area contributed by atoms with E-state index in [0.717, 1.165) is 11.1 Å². The summed E-state index contributed by atoms with van der Waals surface area (Å²) in [5.74, 6) is -1.17. The van der Waals surface area contributed by atoms with Crippen molar-refractivity contribution in [3.63, 3.8) is 0 Å². The summed E-state index contributed by atoms with van der Waals surface area (Å²) in [6.07, 6.45) is 1.79. The summed E-state index contributed by atoms with van der Waals surface area (Å²) in [5.41, 5.74) is 7.72. The van der Waals surface area contributed by atoms with Crippen molar-refractivity contribution >= 4 is 11.9 Å². The molecule has 0 aliphatic heterocycles. The van der Waals surface area contributed by atoms with E-state index in [1.54, 1.807) is 0 Å². The van der Waals surface area contributed by atoms with Crippen molar-refractivity contribution in [3.8, 4) is 0 Å². The number of carbonyl (C=O) groups is 2. The van der Waals surface area contributed by atoms with Crippen LogP contribution >= 0.6 is 0 Å². The van der Waals surface area contributed by atoms with Gasteiger partial charge in [-0.15, -0.1) is 0 Å². The molecule has 0 fully saturated rings. The topological polar surface area (TPSA) is 92.4 Å². The van der Waals surface area contributed by atoms with Crippen LogP contribution in [0.2, 0.25) is 0 Å². The third-order valence-electron chi connectivity index (χ3n) is 4.39. The maximum absolute atomic E-state index is 12.3. The lowest BCUT2D eigenvalue weighted by Crippen LogP contribution is -2.41. The zero-order valence-corrected chi connectivity index (χ0v) is 14.8. The standard InChI is InChI=1S/C21H26N2O3/c22-15-7-12-19(21(25)26)23-20(24)14-13-18(16-8-3-1-4-9-16)17-10-5-2-6-11-17/h1-6,8-11,18-19H,7,12-15,22H2,(H,23,24)(H,25,26)/t19-/m0/s1. The molecular formula is C21H26N2O3. The van der Waals surface area contributed by atoms with Crippen LogP contribution in [-0.4, -0.2) is 29.6 Å². The minimum atomic E-state index is -1.02. The second-order valence-corrected chi connectivity index (χ2v) is 6.30. The van der Waals surface area contributed by atoms with Gasteiger partial charge in [0.1, 0.15) is 6.04 Å². The van der Waals surface area contributed by atoms with Crippen LogP contribution in [0.3, 0.4) is 0 Å². The van der Waals surface area contributed by atoms with Gasteiger partial charge in [-0.2, -0.15) is 0 Å². The summed E-state index contributed by atoms with van der Waals surface area (Å²) in [6.45, 7) is 0.406. The number of carboxylic acids is 1. The highest BCUT2D eigenvalue weighted by atomic mass is 16.4. The number of hydrogen-bond acceptors (Lipinski definition) is 3. The first-order valence-corrected chi connectivity index (χ1v) is 8.94. The Kier molecular flexibility index (Phi) is 7.83. The quantitative estimate of drug-likeness (QED) is 0.612. The Morgan fingerprint density at radius 2 is 1.46 bits per heavy atom. The van der Waals surface area contributed by atoms with Gasteiger partial charge in [0, 0.05) is 12.3 Å². The normalized spacial score (nSPS) is 11.9. The van der Waals surface area contributed by atoms with Crippen molar-refractivity contribution in [2.24, 2.45) is 5.73 Å². The Hall–Kier alpha value is -2.66. The van der Waals surface area contributed by atoms with Crippen molar-refractivity contribution in [1.82, 2.24) is 5.32 Å². The van der Waals surface area contributed by atoms with E-state index in [4.69, 9.17) is 5.73 Å². The van der Waals surface area contributed by atoms with Gasteiger partial charge in [-0.3, -0.25) is 4.79 Å². The maximum Gasteiger partial charge on any atom is 0.326 e. The van der Waals surface area contributed by atoms with Crippen molar-refractivity contribution in [3.05, 3.63) is 71.8 Å². The van der Waals surface area contributed by atoms with Crippen molar-refractivity contribution < 1.29 is 14.7 Å². The molecule has 0 bridgehead atoms. The highest BCUT2D eigenvalue weighted by Crippen LogP contribution is 2.28. The molecule has 0 heterocycles. The van der Waals surface area contributed by atoms with Crippen LogP contribution in [0.4, 0.5) is 0 Å². The molecule has 0 aliphatic carbocycles. The van der Waals surface area contributed by atoms with Crippen LogP contribution < -0.4 is 11.1 Å². The fourth-order valence-corrected chi connectivity index (χ4v) is 3.02. The van der Waals surface area contributed by atoms with Gasteiger partial charge in [-0.05, 0) is 36.9 Å². The smallest absolute Gasteiger partial charge is 0.326 e. The van der Waals surface area contributed by atoms with E-state index < -0.39 is 12.0 Å². The predicted octanol–water partition coefficient (Wildman–Crippen LogP) is 2.91. The SMILES string of the molecule is NCCC[C@H](NC(=O)CCC(c1ccccc1)c1ccccc1)C(=O)O. The zero-order chi connectivity index (χ0) is 18.8. The number of hydrogen-bond donors (Lipinski definition) is 3. The first-order valence-electron chi connectivity index (χ1n) is 8.94. The molecule has 0 unspecified atom stereocenters. The molecule has 1 amide bonds. The van der Waals surface area contributed by atoms with Gasteiger partial charge < -0.3 is 16.2 Å². The van der Waals surface area contributed by atoms with Gasteiger partial charge in [0.25, 0.3) is 0 Å². The van der Waals surface area contributed by atoms with Gasteiger partial charge in [0.2, 0.25) is 5.91 Å². The van der Waals surface area contributed by atoms with Crippen LogP contribution in [0.25, 0.3) is 0 Å². The van der Waals surface area contributed by atoms with E-state index in [1.165, 1.54) is 0 Å². The average molecular weight is 354 g/mol. The van der Waals surface area contributed by atoms with E-state index in [9.17, 15) is 14.7 Å². The number of nitrogens with two attached hydrogens (primary N) is 1. The highest BCUT2D eigenvalue weighted by molar-refractivity contribution is 5.83. The lowest BCUT2D eigenvalue weighted by Gasteiger charge is -2.19. The van der Waals surface area contributed by atoms with E-state index >= 15 is 0 Å². The minimum Gasteiger partial charge on any atom is -0.480 e. The molecule has 138 valence electrons. The number of carbonyl (C=O) groups excluding carboxylic acids is 1. The average Bonchev–Trinajstić information content (AvgIpc) is 2.66. The number of amides is 1. The summed E-state index contributed by atoms with van der Waals surface area (Å²) in [7, 11) is 0. The molecule has 4 N–H and O–H groups in total. The number of benzene rings is 2. The maximum atomic E-state index is 12.3. The molecule has 0 saturated carbocycles. The summed E-state index contributed by atoms with van der Waals surface area (Å²) in [5, 5.41) is 11.8. The third-order valence-corrected chi connectivity index (χ3v) is 4.39. The second kappa shape index (κ2) is 10.4. The Balaban J connectivity index is 2.03. The van der Waals surface area contributed by atoms with E-state index in [1.807, 2.05) is 36.4 Å². The van der Waals surface area contributed by atoms with Gasteiger partial charge in [-0.25, -0.2) is 4.79 Å². The third kappa shape index (κ3) is 6.01. The molecule has 0 spiro atoms.